The van der Waals surface area contributed by atoms with Gasteiger partial charge in [0.25, 0.3) is 5.69 Å². The van der Waals surface area contributed by atoms with Gasteiger partial charge in [-0.05, 0) is 55.9 Å². The molecule has 0 saturated heterocycles. The highest BCUT2D eigenvalue weighted by atomic mass is 16.6. The number of imidazole rings is 1. The Kier molecular flexibility index (Phi) is 5.34. The molecule has 0 unspecified atom stereocenters. The van der Waals surface area contributed by atoms with Crippen LogP contribution in [-0.4, -0.2) is 32.4 Å². The van der Waals surface area contributed by atoms with E-state index in [4.69, 9.17) is 4.74 Å². The summed E-state index contributed by atoms with van der Waals surface area (Å²) < 4.78 is 8.67. The lowest BCUT2D eigenvalue weighted by molar-refractivity contribution is -0.384. The Morgan fingerprint density at radius 1 is 1.13 bits per heavy atom. The summed E-state index contributed by atoms with van der Waals surface area (Å²) in [7, 11) is 1.61. The molecule has 0 aliphatic heterocycles. The summed E-state index contributed by atoms with van der Waals surface area (Å²) in [6, 6.07) is 10.3. The number of hydrogen-bond donors (Lipinski definition) is 1. The van der Waals surface area contributed by atoms with Crippen LogP contribution in [0.5, 0.6) is 5.75 Å². The average Bonchev–Trinajstić information content (AvgIpc) is 3.00. The summed E-state index contributed by atoms with van der Waals surface area (Å²) in [6.07, 6.45) is 2.38. The lowest BCUT2D eigenvalue weighted by Gasteiger charge is -2.26. The normalized spacial score (nSPS) is 19.2. The number of non-ortho nitro benzene ring substituents is 1. The molecule has 4 rings (SSSR count). The van der Waals surface area contributed by atoms with Crippen molar-refractivity contribution in [3.63, 3.8) is 0 Å². The van der Waals surface area contributed by atoms with Crippen molar-refractivity contribution in [2.24, 2.45) is 0 Å². The number of aromatic nitrogens is 2. The molecule has 2 aromatic carbocycles. The highest BCUT2D eigenvalue weighted by Gasteiger charge is 2.26. The molecule has 0 amide bonds. The molecular formula is C22H25N3O5. The third kappa shape index (κ3) is 3.59. The van der Waals surface area contributed by atoms with E-state index in [1.54, 1.807) is 22.3 Å². The molecule has 1 fully saturated rings. The minimum Gasteiger partial charge on any atom is -0.496 e. The van der Waals surface area contributed by atoms with Crippen molar-refractivity contribution < 1.29 is 14.8 Å². The van der Waals surface area contributed by atoms with Crippen molar-refractivity contribution in [1.82, 2.24) is 9.13 Å². The van der Waals surface area contributed by atoms with Gasteiger partial charge in [0.2, 0.25) is 0 Å². The molecule has 1 aliphatic carbocycles. The fraction of sp³-hybridized carbons (Fsp3) is 0.409. The summed E-state index contributed by atoms with van der Waals surface area (Å²) in [6.45, 7) is 2.25. The highest BCUT2D eigenvalue weighted by Crippen LogP contribution is 2.31. The molecular weight excluding hydrogens is 386 g/mol. The molecule has 0 bridgehead atoms. The standard InChI is InChI=1S/C22H25N3O5/c1-14-11-15(3-10-21(14)30-2)13-23-20-12-17(25(28)29)6-9-19(20)24(22(23)27)16-4-7-18(26)8-5-16/h3,6,9-12,16,18,26H,4-5,7-8,13H2,1-2H3/t16-,18-. The van der Waals surface area contributed by atoms with Gasteiger partial charge in [-0.1, -0.05) is 12.1 Å². The average molecular weight is 411 g/mol. The molecule has 3 aromatic rings. The molecule has 1 aliphatic rings. The van der Waals surface area contributed by atoms with E-state index in [-0.39, 0.29) is 23.5 Å². The Morgan fingerprint density at radius 2 is 1.87 bits per heavy atom. The number of rotatable bonds is 5. The summed E-state index contributed by atoms with van der Waals surface area (Å²) in [5.41, 5.74) is 2.89. The first-order valence-corrected chi connectivity index (χ1v) is 10.1. The Hall–Kier alpha value is -3.13. The van der Waals surface area contributed by atoms with Crippen LogP contribution in [-0.2, 0) is 6.54 Å². The second kappa shape index (κ2) is 7.95. The van der Waals surface area contributed by atoms with Gasteiger partial charge < -0.3 is 9.84 Å². The van der Waals surface area contributed by atoms with Crippen LogP contribution in [0.3, 0.4) is 0 Å². The zero-order valence-electron chi connectivity index (χ0n) is 17.1. The topological polar surface area (TPSA) is 99.5 Å². The zero-order chi connectivity index (χ0) is 21.4. The number of aliphatic hydroxyl groups excluding tert-OH is 1. The molecule has 8 heteroatoms. The number of methoxy groups -OCH3 is 1. The van der Waals surface area contributed by atoms with Gasteiger partial charge in [-0.25, -0.2) is 4.79 Å². The molecule has 1 N–H and O–H groups in total. The first-order valence-electron chi connectivity index (χ1n) is 10.1. The van der Waals surface area contributed by atoms with Crippen molar-refractivity contribution >= 4 is 16.7 Å². The van der Waals surface area contributed by atoms with E-state index in [0.29, 0.717) is 43.3 Å². The fourth-order valence-electron chi connectivity index (χ4n) is 4.42. The smallest absolute Gasteiger partial charge is 0.329 e. The lowest BCUT2D eigenvalue weighted by Crippen LogP contribution is -2.31. The molecule has 30 heavy (non-hydrogen) atoms. The van der Waals surface area contributed by atoms with E-state index in [2.05, 4.69) is 0 Å². The molecule has 0 spiro atoms. The third-order valence-corrected chi connectivity index (χ3v) is 5.99. The van der Waals surface area contributed by atoms with Crippen LogP contribution in [0, 0.1) is 17.0 Å². The SMILES string of the molecule is COc1ccc(Cn2c(=O)n([C@H]3CC[C@H](O)CC3)c3ccc([N+](=O)[O-])cc32)cc1C. The summed E-state index contributed by atoms with van der Waals surface area (Å²) >= 11 is 0. The van der Waals surface area contributed by atoms with Crippen molar-refractivity contribution in [1.29, 1.82) is 0 Å². The maximum atomic E-state index is 13.4. The van der Waals surface area contributed by atoms with E-state index in [0.717, 1.165) is 16.9 Å². The number of fused-ring (bicyclic) bond motifs is 1. The molecule has 1 heterocycles. The van der Waals surface area contributed by atoms with Gasteiger partial charge >= 0.3 is 5.69 Å². The Bertz CT molecular complexity index is 1160. The largest absolute Gasteiger partial charge is 0.496 e. The predicted octanol–water partition coefficient (Wildman–Crippen LogP) is 3.55. The van der Waals surface area contributed by atoms with Crippen molar-refractivity contribution in [3.05, 3.63) is 68.1 Å². The van der Waals surface area contributed by atoms with Crippen LogP contribution >= 0.6 is 0 Å². The summed E-state index contributed by atoms with van der Waals surface area (Å²) in [5, 5.41) is 21.2. The minimum atomic E-state index is -0.444. The van der Waals surface area contributed by atoms with Crippen molar-refractivity contribution in [2.75, 3.05) is 7.11 Å². The lowest BCUT2D eigenvalue weighted by atomic mass is 9.93. The molecule has 8 nitrogen and oxygen atoms in total. The van der Waals surface area contributed by atoms with Crippen LogP contribution in [0.4, 0.5) is 5.69 Å². The van der Waals surface area contributed by atoms with Gasteiger partial charge in [0, 0.05) is 18.2 Å². The summed E-state index contributed by atoms with van der Waals surface area (Å²) in [5.74, 6) is 0.768. The number of ether oxygens (including phenoxy) is 1. The monoisotopic (exact) mass is 411 g/mol. The molecule has 158 valence electrons. The number of nitro groups is 1. The number of aliphatic hydroxyl groups is 1. The third-order valence-electron chi connectivity index (χ3n) is 5.99. The first-order chi connectivity index (χ1) is 14.4. The minimum absolute atomic E-state index is 0.0243. The van der Waals surface area contributed by atoms with Crippen LogP contribution in [0.15, 0.2) is 41.2 Å². The number of benzene rings is 2. The van der Waals surface area contributed by atoms with Gasteiger partial charge in [0.1, 0.15) is 5.75 Å². The van der Waals surface area contributed by atoms with Crippen LogP contribution in [0.25, 0.3) is 11.0 Å². The molecule has 1 saturated carbocycles. The zero-order valence-corrected chi connectivity index (χ0v) is 17.1. The van der Waals surface area contributed by atoms with Crippen LogP contribution in [0.1, 0.15) is 42.9 Å². The Balaban J connectivity index is 1.84. The van der Waals surface area contributed by atoms with Crippen molar-refractivity contribution in [2.45, 2.75) is 51.3 Å². The maximum absolute atomic E-state index is 13.4. The van der Waals surface area contributed by atoms with Crippen LogP contribution < -0.4 is 10.4 Å². The fourth-order valence-corrected chi connectivity index (χ4v) is 4.42. The summed E-state index contributed by atoms with van der Waals surface area (Å²) in [4.78, 5) is 24.3. The molecule has 1 aromatic heterocycles. The second-order valence-corrected chi connectivity index (χ2v) is 7.94. The Labute approximate surface area is 173 Å². The van der Waals surface area contributed by atoms with Crippen LogP contribution in [0.2, 0.25) is 0 Å². The Morgan fingerprint density at radius 3 is 2.50 bits per heavy atom. The van der Waals surface area contributed by atoms with Crippen molar-refractivity contribution in [3.8, 4) is 5.75 Å². The van der Waals surface area contributed by atoms with E-state index in [9.17, 15) is 20.0 Å². The number of hydrogen-bond acceptors (Lipinski definition) is 5. The number of nitro benzene ring substituents is 1. The van der Waals surface area contributed by atoms with E-state index < -0.39 is 4.92 Å². The number of aryl methyl sites for hydroxylation is 1. The molecule has 0 radical (unpaired) electrons. The maximum Gasteiger partial charge on any atom is 0.329 e. The predicted molar refractivity (Wildman–Crippen MR) is 113 cm³/mol. The van der Waals surface area contributed by atoms with E-state index >= 15 is 0 Å². The first kappa shape index (κ1) is 20.2. The highest BCUT2D eigenvalue weighted by molar-refractivity contribution is 5.79. The van der Waals surface area contributed by atoms with Gasteiger partial charge in [-0.15, -0.1) is 0 Å². The van der Waals surface area contributed by atoms with Gasteiger partial charge in [-0.3, -0.25) is 19.2 Å². The number of nitrogens with zero attached hydrogens (tertiary/aromatic N) is 3. The van der Waals surface area contributed by atoms with E-state index in [1.165, 1.54) is 12.1 Å². The quantitative estimate of drug-likeness (QED) is 0.511. The molecule has 0 atom stereocenters. The second-order valence-electron chi connectivity index (χ2n) is 7.94. The van der Waals surface area contributed by atoms with Gasteiger partial charge in [0.05, 0.1) is 35.7 Å². The van der Waals surface area contributed by atoms with Gasteiger partial charge in [0.15, 0.2) is 0 Å². The van der Waals surface area contributed by atoms with Gasteiger partial charge in [-0.2, -0.15) is 0 Å². The van der Waals surface area contributed by atoms with E-state index in [1.807, 2.05) is 25.1 Å².